The van der Waals surface area contributed by atoms with Crippen molar-refractivity contribution in [3.63, 3.8) is 0 Å². The molecule has 0 aromatic rings. The number of hydrogen-bond donors (Lipinski definition) is 2. The van der Waals surface area contributed by atoms with Crippen molar-refractivity contribution in [2.24, 2.45) is 5.41 Å². The number of carboxylic acid groups (broad SMARTS) is 1. The Kier molecular flexibility index (Phi) is 5.70. The Labute approximate surface area is 124 Å². The van der Waals surface area contributed by atoms with Crippen LogP contribution in [-0.2, 0) is 4.79 Å². The molecule has 0 spiro atoms. The van der Waals surface area contributed by atoms with Crippen molar-refractivity contribution in [1.82, 2.24) is 15.1 Å². The maximum Gasteiger partial charge on any atom is 0.327 e. The topological polar surface area (TPSA) is 72.9 Å². The number of carbonyl (C=O) groups is 2. The maximum absolute atomic E-state index is 12.2. The van der Waals surface area contributed by atoms with Crippen LogP contribution >= 0.6 is 11.8 Å². The SMILES string of the molecule is CC1SCC(C(=O)O)N1C(=O)NCC(C)(C)CN(C)C. The van der Waals surface area contributed by atoms with E-state index < -0.39 is 12.0 Å². The Morgan fingerprint density at radius 3 is 2.55 bits per heavy atom. The fourth-order valence-corrected chi connectivity index (χ4v) is 3.63. The summed E-state index contributed by atoms with van der Waals surface area (Å²) in [4.78, 5) is 26.9. The summed E-state index contributed by atoms with van der Waals surface area (Å²) >= 11 is 1.49. The number of hydrogen-bond acceptors (Lipinski definition) is 4. The summed E-state index contributed by atoms with van der Waals surface area (Å²) < 4.78 is 0. The number of carboxylic acids is 1. The fourth-order valence-electron chi connectivity index (χ4n) is 2.46. The van der Waals surface area contributed by atoms with Crippen molar-refractivity contribution in [2.75, 3.05) is 32.9 Å². The summed E-state index contributed by atoms with van der Waals surface area (Å²) in [6.45, 7) is 7.37. The summed E-state index contributed by atoms with van der Waals surface area (Å²) in [6.07, 6.45) is 0. The van der Waals surface area contributed by atoms with Crippen molar-refractivity contribution in [2.45, 2.75) is 32.2 Å². The molecule has 20 heavy (non-hydrogen) atoms. The van der Waals surface area contributed by atoms with E-state index in [-0.39, 0.29) is 16.8 Å². The highest BCUT2D eigenvalue weighted by Crippen LogP contribution is 2.28. The average Bonchev–Trinajstić information content (AvgIpc) is 2.66. The zero-order valence-electron chi connectivity index (χ0n) is 12.8. The highest BCUT2D eigenvalue weighted by molar-refractivity contribution is 8.00. The first-order valence-corrected chi connectivity index (χ1v) is 7.74. The Bertz CT molecular complexity index is 374. The first-order valence-electron chi connectivity index (χ1n) is 6.69. The number of amides is 2. The minimum atomic E-state index is -0.940. The molecule has 0 radical (unpaired) electrons. The van der Waals surface area contributed by atoms with Gasteiger partial charge in [0.1, 0.15) is 6.04 Å². The molecular formula is C13H25N3O3S. The zero-order valence-corrected chi connectivity index (χ0v) is 13.7. The van der Waals surface area contributed by atoms with Crippen molar-refractivity contribution in [3.05, 3.63) is 0 Å². The predicted octanol–water partition coefficient (Wildman–Crippen LogP) is 1.13. The summed E-state index contributed by atoms with van der Waals surface area (Å²) in [5.41, 5.74) is -0.0615. The molecule has 0 aromatic heterocycles. The second-order valence-electron chi connectivity index (χ2n) is 6.25. The normalized spacial score (nSPS) is 23.2. The average molecular weight is 303 g/mol. The molecule has 1 aliphatic heterocycles. The van der Waals surface area contributed by atoms with Crippen LogP contribution in [0.4, 0.5) is 4.79 Å². The van der Waals surface area contributed by atoms with Crippen LogP contribution in [0.25, 0.3) is 0 Å². The highest BCUT2D eigenvalue weighted by Gasteiger charge is 2.39. The van der Waals surface area contributed by atoms with E-state index in [2.05, 4.69) is 24.1 Å². The summed E-state index contributed by atoms with van der Waals surface area (Å²) in [6, 6.07) is -1.02. The number of nitrogens with zero attached hydrogens (tertiary/aromatic N) is 2. The highest BCUT2D eigenvalue weighted by atomic mass is 32.2. The van der Waals surface area contributed by atoms with Crippen LogP contribution in [0.3, 0.4) is 0 Å². The van der Waals surface area contributed by atoms with Crippen LogP contribution in [0.1, 0.15) is 20.8 Å². The largest absolute Gasteiger partial charge is 0.480 e. The standard InChI is InChI=1S/C13H25N3O3S/c1-9-16(10(6-20-9)11(17)18)12(19)14-7-13(2,3)8-15(4)5/h9-10H,6-8H2,1-5H3,(H,14,19)(H,17,18). The van der Waals surface area contributed by atoms with Gasteiger partial charge in [0, 0.05) is 18.8 Å². The summed E-state index contributed by atoms with van der Waals surface area (Å²) in [7, 11) is 3.98. The number of thioether (sulfide) groups is 1. The summed E-state index contributed by atoms with van der Waals surface area (Å²) in [5, 5.41) is 11.9. The molecule has 6 nitrogen and oxygen atoms in total. The Morgan fingerprint density at radius 1 is 1.45 bits per heavy atom. The van der Waals surface area contributed by atoms with E-state index in [4.69, 9.17) is 5.11 Å². The Morgan fingerprint density at radius 2 is 2.05 bits per heavy atom. The molecular weight excluding hydrogens is 278 g/mol. The molecule has 1 rings (SSSR count). The van der Waals surface area contributed by atoms with E-state index in [0.717, 1.165) is 6.54 Å². The van der Waals surface area contributed by atoms with Crippen LogP contribution in [0.2, 0.25) is 0 Å². The van der Waals surface area contributed by atoms with Crippen LogP contribution < -0.4 is 5.32 Å². The third-order valence-electron chi connectivity index (χ3n) is 3.20. The molecule has 7 heteroatoms. The molecule has 2 atom stereocenters. The molecule has 116 valence electrons. The first kappa shape index (κ1) is 17.1. The van der Waals surface area contributed by atoms with Gasteiger partial charge in [0.15, 0.2) is 0 Å². The van der Waals surface area contributed by atoms with E-state index in [1.165, 1.54) is 16.7 Å². The van der Waals surface area contributed by atoms with Crippen molar-refractivity contribution >= 4 is 23.8 Å². The maximum atomic E-state index is 12.2. The smallest absolute Gasteiger partial charge is 0.327 e. The number of urea groups is 1. The van der Waals surface area contributed by atoms with Gasteiger partial charge < -0.3 is 15.3 Å². The van der Waals surface area contributed by atoms with Crippen molar-refractivity contribution < 1.29 is 14.7 Å². The monoisotopic (exact) mass is 303 g/mol. The molecule has 0 aliphatic carbocycles. The minimum absolute atomic E-state index is 0.0615. The van der Waals surface area contributed by atoms with Crippen LogP contribution in [0.5, 0.6) is 0 Å². The molecule has 0 bridgehead atoms. The molecule has 2 amide bonds. The van der Waals surface area contributed by atoms with Gasteiger partial charge in [-0.05, 0) is 26.4 Å². The Hall–Kier alpha value is -0.950. The molecule has 1 aliphatic rings. The predicted molar refractivity (Wildman–Crippen MR) is 80.9 cm³/mol. The van der Waals surface area contributed by atoms with E-state index >= 15 is 0 Å². The van der Waals surface area contributed by atoms with Gasteiger partial charge in [0.2, 0.25) is 0 Å². The van der Waals surface area contributed by atoms with Gasteiger partial charge in [-0.3, -0.25) is 4.90 Å². The number of carbonyl (C=O) groups excluding carboxylic acids is 1. The number of rotatable bonds is 5. The lowest BCUT2D eigenvalue weighted by molar-refractivity contribution is -0.141. The van der Waals surface area contributed by atoms with E-state index in [0.29, 0.717) is 12.3 Å². The van der Waals surface area contributed by atoms with E-state index in [9.17, 15) is 9.59 Å². The van der Waals surface area contributed by atoms with E-state index in [1.807, 2.05) is 21.0 Å². The van der Waals surface area contributed by atoms with Crippen LogP contribution in [-0.4, -0.2) is 71.3 Å². The number of nitrogens with one attached hydrogen (secondary N) is 1. The van der Waals surface area contributed by atoms with Gasteiger partial charge in [-0.25, -0.2) is 9.59 Å². The Balaban J connectivity index is 2.59. The third-order valence-corrected chi connectivity index (χ3v) is 4.42. The number of aliphatic carboxylic acids is 1. The lowest BCUT2D eigenvalue weighted by Gasteiger charge is -2.31. The van der Waals surface area contributed by atoms with Gasteiger partial charge in [0.25, 0.3) is 0 Å². The zero-order chi connectivity index (χ0) is 15.5. The lowest BCUT2D eigenvalue weighted by Crippen LogP contribution is -2.51. The molecule has 1 heterocycles. The summed E-state index contributed by atoms with van der Waals surface area (Å²) in [5.74, 6) is -0.491. The molecule has 1 fully saturated rings. The second kappa shape index (κ2) is 6.67. The molecule has 2 N–H and O–H groups in total. The van der Waals surface area contributed by atoms with Gasteiger partial charge in [-0.2, -0.15) is 0 Å². The minimum Gasteiger partial charge on any atom is -0.480 e. The fraction of sp³-hybridized carbons (Fsp3) is 0.846. The van der Waals surface area contributed by atoms with Gasteiger partial charge in [0.05, 0.1) is 5.37 Å². The second-order valence-corrected chi connectivity index (χ2v) is 7.60. The van der Waals surface area contributed by atoms with Crippen LogP contribution in [0, 0.1) is 5.41 Å². The van der Waals surface area contributed by atoms with Gasteiger partial charge in [-0.15, -0.1) is 11.8 Å². The molecule has 2 unspecified atom stereocenters. The third kappa shape index (κ3) is 4.56. The van der Waals surface area contributed by atoms with Gasteiger partial charge in [-0.1, -0.05) is 13.8 Å². The van der Waals surface area contributed by atoms with Gasteiger partial charge >= 0.3 is 12.0 Å². The first-order chi connectivity index (χ1) is 9.14. The van der Waals surface area contributed by atoms with Crippen LogP contribution in [0.15, 0.2) is 0 Å². The quantitative estimate of drug-likeness (QED) is 0.796. The van der Waals surface area contributed by atoms with E-state index in [1.54, 1.807) is 0 Å². The molecule has 0 saturated carbocycles. The molecule has 0 aromatic carbocycles. The lowest BCUT2D eigenvalue weighted by atomic mass is 9.93. The van der Waals surface area contributed by atoms with Crippen molar-refractivity contribution in [1.29, 1.82) is 0 Å². The molecule has 1 saturated heterocycles. The van der Waals surface area contributed by atoms with Crippen molar-refractivity contribution in [3.8, 4) is 0 Å².